The van der Waals surface area contributed by atoms with Crippen LogP contribution in [0.2, 0.25) is 5.02 Å². The molecule has 0 heterocycles. The number of hydrogen-bond acceptors (Lipinski definition) is 4. The molecule has 3 aromatic rings. The lowest BCUT2D eigenvalue weighted by Crippen LogP contribution is -2.18. The summed E-state index contributed by atoms with van der Waals surface area (Å²) in [7, 11) is 3.80. The van der Waals surface area contributed by atoms with Crippen molar-refractivity contribution in [1.29, 1.82) is 0 Å². The third-order valence-corrected chi connectivity index (χ3v) is 5.82. The number of aryl methyl sites for hydroxylation is 1. The quantitative estimate of drug-likeness (QED) is 0.450. The molecule has 0 aliphatic rings. The van der Waals surface area contributed by atoms with Gasteiger partial charge in [0.2, 0.25) is 5.91 Å². The molecule has 0 spiro atoms. The molecule has 31 heavy (non-hydrogen) atoms. The highest BCUT2D eigenvalue weighted by Crippen LogP contribution is 2.30. The van der Waals surface area contributed by atoms with E-state index in [4.69, 9.17) is 11.6 Å². The van der Waals surface area contributed by atoms with Crippen LogP contribution < -0.4 is 15.5 Å². The molecule has 2 N–H and O–H groups in total. The number of carbonyl (C=O) groups excluding carboxylic acids is 2. The van der Waals surface area contributed by atoms with Gasteiger partial charge in [0.15, 0.2) is 0 Å². The average molecular weight is 454 g/mol. The molecule has 7 heteroatoms. The zero-order valence-electron chi connectivity index (χ0n) is 17.6. The van der Waals surface area contributed by atoms with Gasteiger partial charge in [-0.3, -0.25) is 9.59 Å². The second-order valence-electron chi connectivity index (χ2n) is 7.21. The predicted molar refractivity (Wildman–Crippen MR) is 131 cm³/mol. The lowest BCUT2D eigenvalue weighted by Gasteiger charge is -2.18. The van der Waals surface area contributed by atoms with E-state index in [2.05, 4.69) is 10.6 Å². The van der Waals surface area contributed by atoms with E-state index in [1.807, 2.05) is 68.4 Å². The topological polar surface area (TPSA) is 61.4 Å². The second kappa shape index (κ2) is 10.4. The number of hydrogen-bond donors (Lipinski definition) is 2. The lowest BCUT2D eigenvalue weighted by atomic mass is 10.2. The number of amides is 2. The van der Waals surface area contributed by atoms with Crippen molar-refractivity contribution in [3.05, 3.63) is 82.9 Å². The molecule has 0 aromatic heterocycles. The molecule has 3 aromatic carbocycles. The highest BCUT2D eigenvalue weighted by Gasteiger charge is 2.15. The van der Waals surface area contributed by atoms with E-state index < -0.39 is 0 Å². The van der Waals surface area contributed by atoms with E-state index in [-0.39, 0.29) is 17.6 Å². The Kier molecular flexibility index (Phi) is 7.60. The SMILES string of the molecule is Cc1ccc(NC(=O)CSc2ccccc2C(=O)Nc2cc(Cl)ccc2N(C)C)cc1. The Hall–Kier alpha value is -2.96. The van der Waals surface area contributed by atoms with Gasteiger partial charge in [-0.2, -0.15) is 0 Å². The first-order chi connectivity index (χ1) is 14.8. The highest BCUT2D eigenvalue weighted by atomic mass is 35.5. The molecule has 5 nitrogen and oxygen atoms in total. The Balaban J connectivity index is 1.70. The minimum atomic E-state index is -0.257. The summed E-state index contributed by atoms with van der Waals surface area (Å²) < 4.78 is 0. The van der Waals surface area contributed by atoms with Crippen molar-refractivity contribution in [3.63, 3.8) is 0 Å². The number of carbonyl (C=O) groups is 2. The Labute approximate surface area is 191 Å². The van der Waals surface area contributed by atoms with E-state index in [0.717, 1.165) is 21.8 Å². The van der Waals surface area contributed by atoms with Crippen LogP contribution in [0.4, 0.5) is 17.1 Å². The fourth-order valence-electron chi connectivity index (χ4n) is 2.95. The molecule has 0 radical (unpaired) electrons. The minimum absolute atomic E-state index is 0.131. The van der Waals surface area contributed by atoms with E-state index in [0.29, 0.717) is 16.3 Å². The van der Waals surface area contributed by atoms with Gasteiger partial charge in [-0.1, -0.05) is 41.4 Å². The van der Waals surface area contributed by atoms with Crippen LogP contribution in [0.25, 0.3) is 0 Å². The van der Waals surface area contributed by atoms with Gasteiger partial charge in [-0.25, -0.2) is 0 Å². The number of halogens is 1. The van der Waals surface area contributed by atoms with Gasteiger partial charge < -0.3 is 15.5 Å². The van der Waals surface area contributed by atoms with Gasteiger partial charge in [0.25, 0.3) is 5.91 Å². The lowest BCUT2D eigenvalue weighted by molar-refractivity contribution is -0.113. The largest absolute Gasteiger partial charge is 0.376 e. The zero-order valence-corrected chi connectivity index (χ0v) is 19.2. The predicted octanol–water partition coefficient (Wildman–Crippen LogP) is 5.70. The molecule has 0 aliphatic carbocycles. The van der Waals surface area contributed by atoms with Crippen LogP contribution >= 0.6 is 23.4 Å². The third kappa shape index (κ3) is 6.26. The van der Waals surface area contributed by atoms with Gasteiger partial charge >= 0.3 is 0 Å². The van der Waals surface area contributed by atoms with Crippen molar-refractivity contribution >= 4 is 52.2 Å². The van der Waals surface area contributed by atoms with Crippen LogP contribution in [0, 0.1) is 6.92 Å². The van der Waals surface area contributed by atoms with Gasteiger partial charge in [-0.05, 0) is 49.4 Å². The molecule has 160 valence electrons. The maximum absolute atomic E-state index is 13.0. The van der Waals surface area contributed by atoms with Crippen LogP contribution in [0.5, 0.6) is 0 Å². The first kappa shape index (κ1) is 22.7. The fourth-order valence-corrected chi connectivity index (χ4v) is 3.97. The number of nitrogens with zero attached hydrogens (tertiary/aromatic N) is 1. The van der Waals surface area contributed by atoms with Gasteiger partial charge in [-0.15, -0.1) is 11.8 Å². The maximum Gasteiger partial charge on any atom is 0.256 e. The third-order valence-electron chi connectivity index (χ3n) is 4.51. The van der Waals surface area contributed by atoms with Gasteiger partial charge in [0, 0.05) is 29.7 Å². The Bertz CT molecular complexity index is 1080. The Morgan fingerprint density at radius 3 is 2.39 bits per heavy atom. The number of anilines is 3. The second-order valence-corrected chi connectivity index (χ2v) is 8.66. The van der Waals surface area contributed by atoms with Gasteiger partial charge in [0.05, 0.1) is 22.7 Å². The molecule has 0 unspecified atom stereocenters. The van der Waals surface area contributed by atoms with Crippen molar-refractivity contribution in [1.82, 2.24) is 0 Å². The Morgan fingerprint density at radius 1 is 0.968 bits per heavy atom. The van der Waals surface area contributed by atoms with Crippen LogP contribution in [-0.2, 0) is 4.79 Å². The van der Waals surface area contributed by atoms with E-state index >= 15 is 0 Å². The molecule has 0 saturated carbocycles. The summed E-state index contributed by atoms with van der Waals surface area (Å²) in [5, 5.41) is 6.36. The van der Waals surface area contributed by atoms with Crippen LogP contribution in [0.15, 0.2) is 71.6 Å². The van der Waals surface area contributed by atoms with Crippen molar-refractivity contribution in [2.75, 3.05) is 35.4 Å². The average Bonchev–Trinajstić information content (AvgIpc) is 2.74. The molecule has 0 aliphatic heterocycles. The minimum Gasteiger partial charge on any atom is -0.376 e. The highest BCUT2D eigenvalue weighted by molar-refractivity contribution is 8.00. The number of benzene rings is 3. The molecule has 0 fully saturated rings. The van der Waals surface area contributed by atoms with Crippen molar-refractivity contribution in [2.45, 2.75) is 11.8 Å². The summed E-state index contributed by atoms with van der Waals surface area (Å²) in [6, 6.07) is 20.2. The normalized spacial score (nSPS) is 10.5. The summed E-state index contributed by atoms with van der Waals surface area (Å²) >= 11 is 7.44. The maximum atomic E-state index is 13.0. The van der Waals surface area contributed by atoms with Crippen LogP contribution in [0.3, 0.4) is 0 Å². The first-order valence-corrected chi connectivity index (χ1v) is 11.1. The molecule has 0 bridgehead atoms. The summed E-state index contributed by atoms with van der Waals surface area (Å²) in [6.45, 7) is 1.99. The van der Waals surface area contributed by atoms with Gasteiger partial charge in [0.1, 0.15) is 0 Å². The monoisotopic (exact) mass is 453 g/mol. The number of thioether (sulfide) groups is 1. The smallest absolute Gasteiger partial charge is 0.256 e. The summed E-state index contributed by atoms with van der Waals surface area (Å²) in [4.78, 5) is 28.0. The summed E-state index contributed by atoms with van der Waals surface area (Å²) in [6.07, 6.45) is 0. The first-order valence-electron chi connectivity index (χ1n) is 9.70. The fraction of sp³-hybridized carbons (Fsp3) is 0.167. The van der Waals surface area contributed by atoms with E-state index in [9.17, 15) is 9.59 Å². The van der Waals surface area contributed by atoms with E-state index in [1.165, 1.54) is 11.8 Å². The summed E-state index contributed by atoms with van der Waals surface area (Å²) in [5.41, 5.74) is 3.85. The van der Waals surface area contributed by atoms with Crippen molar-refractivity contribution in [2.24, 2.45) is 0 Å². The van der Waals surface area contributed by atoms with Crippen molar-refractivity contribution < 1.29 is 9.59 Å². The molecule has 2 amide bonds. The van der Waals surface area contributed by atoms with Crippen LogP contribution in [-0.4, -0.2) is 31.7 Å². The molecular formula is C24H24ClN3O2S. The molecule has 0 atom stereocenters. The molecular weight excluding hydrogens is 430 g/mol. The summed E-state index contributed by atoms with van der Waals surface area (Å²) in [5.74, 6) is -0.195. The number of rotatable bonds is 7. The standard InChI is InChI=1S/C24H24ClN3O2S/c1-16-8-11-18(12-9-16)26-23(29)15-31-22-7-5-4-6-19(22)24(30)27-20-14-17(25)10-13-21(20)28(2)3/h4-14H,15H2,1-3H3,(H,26,29)(H,27,30). The molecule has 0 saturated heterocycles. The zero-order chi connectivity index (χ0) is 22.4. The number of nitrogens with one attached hydrogen (secondary N) is 2. The molecule has 3 rings (SSSR count). The van der Waals surface area contributed by atoms with Crippen molar-refractivity contribution in [3.8, 4) is 0 Å². The Morgan fingerprint density at radius 2 is 1.68 bits per heavy atom. The van der Waals surface area contributed by atoms with E-state index in [1.54, 1.807) is 24.3 Å². The van der Waals surface area contributed by atoms with Crippen LogP contribution in [0.1, 0.15) is 15.9 Å².